The summed E-state index contributed by atoms with van der Waals surface area (Å²) in [6, 6.07) is 16.2. The first-order valence-electron chi connectivity index (χ1n) is 6.81. The second-order valence-corrected chi connectivity index (χ2v) is 6.28. The van der Waals surface area contributed by atoms with Crippen LogP contribution in [-0.2, 0) is 0 Å². The van der Waals surface area contributed by atoms with Crippen molar-refractivity contribution in [1.82, 2.24) is 0 Å². The minimum Gasteiger partial charge on any atom is -0.497 e. The highest BCUT2D eigenvalue weighted by Gasteiger charge is 2.10. The smallest absolute Gasteiger partial charge is 0.119 e. The number of rotatable bonds is 7. The molecule has 1 atom stereocenters. The van der Waals surface area contributed by atoms with Crippen LogP contribution in [0.25, 0.3) is 0 Å². The number of halogens is 2. The lowest BCUT2D eigenvalue weighted by molar-refractivity contribution is 0.301. The van der Waals surface area contributed by atoms with Crippen molar-refractivity contribution in [1.29, 1.82) is 0 Å². The summed E-state index contributed by atoms with van der Waals surface area (Å²) in [7, 11) is 1.66. The van der Waals surface area contributed by atoms with Gasteiger partial charge in [-0.3, -0.25) is 0 Å². The number of ether oxygens (including phenoxy) is 2. The Morgan fingerprint density at radius 3 is 2.14 bits per heavy atom. The average molecular weight is 414 g/mol. The first-order chi connectivity index (χ1) is 10.2. The predicted octanol–water partition coefficient (Wildman–Crippen LogP) is 5.41. The van der Waals surface area contributed by atoms with Gasteiger partial charge in [0.1, 0.15) is 11.5 Å². The van der Waals surface area contributed by atoms with Crippen LogP contribution in [0, 0.1) is 0 Å². The number of methoxy groups -OCH3 is 1. The van der Waals surface area contributed by atoms with Gasteiger partial charge in [0, 0.05) is 9.80 Å². The zero-order valence-electron chi connectivity index (χ0n) is 11.9. The fourth-order valence-corrected chi connectivity index (χ4v) is 3.02. The molecule has 21 heavy (non-hydrogen) atoms. The Morgan fingerprint density at radius 1 is 0.952 bits per heavy atom. The predicted molar refractivity (Wildman–Crippen MR) is 93.8 cm³/mol. The minimum atomic E-state index is 0.455. The maximum atomic E-state index is 5.80. The Kier molecular flexibility index (Phi) is 6.58. The monoisotopic (exact) mass is 412 g/mol. The van der Waals surface area contributed by atoms with E-state index in [0.717, 1.165) is 27.7 Å². The van der Waals surface area contributed by atoms with E-state index >= 15 is 0 Å². The zero-order valence-corrected chi connectivity index (χ0v) is 15.1. The van der Waals surface area contributed by atoms with Crippen molar-refractivity contribution >= 4 is 31.9 Å². The summed E-state index contributed by atoms with van der Waals surface area (Å²) in [5.41, 5.74) is 1.33. The van der Waals surface area contributed by atoms with Crippen LogP contribution < -0.4 is 9.47 Å². The summed E-state index contributed by atoms with van der Waals surface area (Å²) >= 11 is 7.06. The number of hydrogen-bond donors (Lipinski definition) is 0. The van der Waals surface area contributed by atoms with Crippen molar-refractivity contribution in [3.8, 4) is 11.5 Å². The van der Waals surface area contributed by atoms with Gasteiger partial charge in [-0.1, -0.05) is 44.0 Å². The maximum absolute atomic E-state index is 5.80. The molecule has 4 heteroatoms. The van der Waals surface area contributed by atoms with Crippen LogP contribution in [0.1, 0.15) is 17.9 Å². The fraction of sp³-hybridized carbons (Fsp3) is 0.294. The van der Waals surface area contributed by atoms with Crippen LogP contribution in [0.3, 0.4) is 0 Å². The third kappa shape index (κ3) is 5.04. The lowest BCUT2D eigenvalue weighted by atomic mass is 9.98. The lowest BCUT2D eigenvalue weighted by Crippen LogP contribution is -2.07. The fourth-order valence-electron chi connectivity index (χ4n) is 2.06. The molecule has 0 heterocycles. The molecule has 2 aromatic rings. The van der Waals surface area contributed by atoms with Gasteiger partial charge in [0.05, 0.1) is 13.7 Å². The molecule has 2 nitrogen and oxygen atoms in total. The molecule has 0 fully saturated rings. The van der Waals surface area contributed by atoms with Gasteiger partial charge in [0.2, 0.25) is 0 Å². The highest BCUT2D eigenvalue weighted by Crippen LogP contribution is 2.24. The van der Waals surface area contributed by atoms with Crippen molar-refractivity contribution < 1.29 is 9.47 Å². The summed E-state index contributed by atoms with van der Waals surface area (Å²) in [5, 5.41) is 0.931. The highest BCUT2D eigenvalue weighted by molar-refractivity contribution is 9.10. The van der Waals surface area contributed by atoms with Gasteiger partial charge in [-0.25, -0.2) is 0 Å². The SMILES string of the molecule is COc1ccc(OCCC(CBr)c2ccc(Br)cc2)cc1. The Labute approximate surface area is 142 Å². The molecule has 112 valence electrons. The Hall–Kier alpha value is -1.00. The van der Waals surface area contributed by atoms with Crippen molar-refractivity contribution in [2.45, 2.75) is 12.3 Å². The molecule has 0 spiro atoms. The number of alkyl halides is 1. The van der Waals surface area contributed by atoms with Gasteiger partial charge >= 0.3 is 0 Å². The highest BCUT2D eigenvalue weighted by atomic mass is 79.9. The number of benzene rings is 2. The summed E-state index contributed by atoms with van der Waals surface area (Å²) in [6.07, 6.45) is 0.971. The van der Waals surface area contributed by atoms with E-state index in [0.29, 0.717) is 12.5 Å². The van der Waals surface area contributed by atoms with E-state index in [-0.39, 0.29) is 0 Å². The topological polar surface area (TPSA) is 18.5 Å². The van der Waals surface area contributed by atoms with E-state index in [1.807, 2.05) is 24.3 Å². The maximum Gasteiger partial charge on any atom is 0.119 e. The second-order valence-electron chi connectivity index (χ2n) is 4.72. The van der Waals surface area contributed by atoms with E-state index in [1.54, 1.807) is 7.11 Å². The van der Waals surface area contributed by atoms with E-state index < -0.39 is 0 Å². The van der Waals surface area contributed by atoms with E-state index in [4.69, 9.17) is 9.47 Å². The van der Waals surface area contributed by atoms with Crippen LogP contribution in [-0.4, -0.2) is 19.0 Å². The molecule has 0 bridgehead atoms. The first-order valence-corrected chi connectivity index (χ1v) is 8.72. The molecular weight excluding hydrogens is 396 g/mol. The van der Waals surface area contributed by atoms with Crippen LogP contribution in [0.4, 0.5) is 0 Å². The summed E-state index contributed by atoms with van der Waals surface area (Å²) in [6.45, 7) is 0.693. The normalized spacial score (nSPS) is 12.0. The van der Waals surface area contributed by atoms with Gasteiger partial charge in [-0.05, 0) is 54.3 Å². The minimum absolute atomic E-state index is 0.455. The molecule has 0 aliphatic carbocycles. The molecular formula is C17H18Br2O2. The molecule has 0 aromatic heterocycles. The van der Waals surface area contributed by atoms with Gasteiger partial charge in [0.25, 0.3) is 0 Å². The molecule has 0 radical (unpaired) electrons. The molecule has 0 N–H and O–H groups in total. The molecule has 0 saturated heterocycles. The van der Waals surface area contributed by atoms with Gasteiger partial charge in [0.15, 0.2) is 0 Å². The summed E-state index contributed by atoms with van der Waals surface area (Å²) in [4.78, 5) is 0. The quantitative estimate of drug-likeness (QED) is 0.565. The lowest BCUT2D eigenvalue weighted by Gasteiger charge is -2.15. The van der Waals surface area contributed by atoms with E-state index in [9.17, 15) is 0 Å². The van der Waals surface area contributed by atoms with Crippen LogP contribution in [0.5, 0.6) is 11.5 Å². The molecule has 2 aromatic carbocycles. The van der Waals surface area contributed by atoms with Crippen molar-refractivity contribution in [2.75, 3.05) is 19.0 Å². The summed E-state index contributed by atoms with van der Waals surface area (Å²) < 4.78 is 12.0. The third-order valence-electron chi connectivity index (χ3n) is 3.32. The molecule has 0 amide bonds. The Bertz CT molecular complexity index is 538. The summed E-state index contributed by atoms with van der Waals surface area (Å²) in [5.74, 6) is 2.17. The third-order valence-corrected chi connectivity index (χ3v) is 4.63. The van der Waals surface area contributed by atoms with Crippen molar-refractivity contribution in [3.63, 3.8) is 0 Å². The van der Waals surface area contributed by atoms with Crippen LogP contribution in [0.15, 0.2) is 53.0 Å². The van der Waals surface area contributed by atoms with Gasteiger partial charge in [-0.2, -0.15) is 0 Å². The molecule has 0 aliphatic heterocycles. The largest absolute Gasteiger partial charge is 0.497 e. The van der Waals surface area contributed by atoms with E-state index in [2.05, 4.69) is 56.1 Å². The first kappa shape index (κ1) is 16.4. The molecule has 0 saturated carbocycles. The molecule has 1 unspecified atom stereocenters. The Balaban J connectivity index is 1.86. The van der Waals surface area contributed by atoms with Crippen molar-refractivity contribution in [2.24, 2.45) is 0 Å². The molecule has 0 aliphatic rings. The zero-order chi connectivity index (χ0) is 15.1. The molecule has 2 rings (SSSR count). The van der Waals surface area contributed by atoms with Gasteiger partial charge in [-0.15, -0.1) is 0 Å². The van der Waals surface area contributed by atoms with Crippen LogP contribution >= 0.6 is 31.9 Å². The average Bonchev–Trinajstić information content (AvgIpc) is 2.53. The Morgan fingerprint density at radius 2 is 1.57 bits per heavy atom. The van der Waals surface area contributed by atoms with Crippen molar-refractivity contribution in [3.05, 3.63) is 58.6 Å². The van der Waals surface area contributed by atoms with E-state index in [1.165, 1.54) is 5.56 Å². The number of hydrogen-bond acceptors (Lipinski definition) is 2. The van der Waals surface area contributed by atoms with Gasteiger partial charge < -0.3 is 9.47 Å². The second kappa shape index (κ2) is 8.44. The van der Waals surface area contributed by atoms with Crippen LogP contribution in [0.2, 0.25) is 0 Å². The standard InChI is InChI=1S/C17H18Br2O2/c1-20-16-6-8-17(9-7-16)21-11-10-14(12-18)13-2-4-15(19)5-3-13/h2-9,14H,10-12H2,1H3.